The van der Waals surface area contributed by atoms with E-state index in [1.54, 1.807) is 6.92 Å². The van der Waals surface area contributed by atoms with Gasteiger partial charge in [-0.2, -0.15) is 0 Å². The lowest BCUT2D eigenvalue weighted by molar-refractivity contribution is 0.0318. The highest BCUT2D eigenvalue weighted by atomic mass is 16.7. The molecule has 4 heteroatoms. The average molecular weight is 353 g/mol. The third-order valence-corrected chi connectivity index (χ3v) is 4.92. The maximum atomic E-state index is 11.6. The predicted molar refractivity (Wildman–Crippen MR) is 103 cm³/mol. The highest BCUT2D eigenvalue weighted by Gasteiger charge is 2.34. The molecule has 1 aliphatic heterocycles. The largest absolute Gasteiger partial charge is 0.508 e. The Morgan fingerprint density at radius 3 is 2.08 bits per heavy atom. The standard InChI is InChI=1S/C22H27NO3/c1-4-25-22(24)26-19-13-20(23-14-19)21(17-9-5-15(2)6-10-17)18-11-7-16(3)8-12-18/h5-12,19-21,23H,4,13-14H2,1-3H3/t19-,20?/m1/s1. The lowest BCUT2D eigenvalue weighted by Crippen LogP contribution is -2.29. The molecule has 0 radical (unpaired) electrons. The number of hydrogen-bond donors (Lipinski definition) is 1. The maximum Gasteiger partial charge on any atom is 0.508 e. The average Bonchev–Trinajstić information content (AvgIpc) is 3.06. The van der Waals surface area contributed by atoms with Gasteiger partial charge in [0.25, 0.3) is 0 Å². The molecule has 1 fully saturated rings. The van der Waals surface area contributed by atoms with Crippen LogP contribution in [0.25, 0.3) is 0 Å². The van der Waals surface area contributed by atoms with E-state index in [9.17, 15) is 4.79 Å². The Balaban J connectivity index is 1.81. The zero-order chi connectivity index (χ0) is 18.5. The monoisotopic (exact) mass is 353 g/mol. The highest BCUT2D eigenvalue weighted by Crippen LogP contribution is 2.33. The summed E-state index contributed by atoms with van der Waals surface area (Å²) < 4.78 is 10.3. The van der Waals surface area contributed by atoms with Crippen molar-refractivity contribution in [2.75, 3.05) is 13.2 Å². The van der Waals surface area contributed by atoms with Crippen LogP contribution >= 0.6 is 0 Å². The van der Waals surface area contributed by atoms with Gasteiger partial charge in [0.2, 0.25) is 0 Å². The maximum absolute atomic E-state index is 11.6. The van der Waals surface area contributed by atoms with Gasteiger partial charge in [-0.25, -0.2) is 4.79 Å². The first-order valence-corrected chi connectivity index (χ1v) is 9.26. The van der Waals surface area contributed by atoms with Crippen LogP contribution in [-0.4, -0.2) is 31.5 Å². The van der Waals surface area contributed by atoms with E-state index in [-0.39, 0.29) is 18.1 Å². The fourth-order valence-electron chi connectivity index (χ4n) is 3.57. The second kappa shape index (κ2) is 8.37. The Bertz CT molecular complexity index is 679. The van der Waals surface area contributed by atoms with Crippen molar-refractivity contribution in [2.24, 2.45) is 0 Å². The number of carbonyl (C=O) groups excluding carboxylic acids is 1. The van der Waals surface area contributed by atoms with E-state index in [1.165, 1.54) is 22.3 Å². The molecule has 1 saturated heterocycles. The SMILES string of the molecule is CCOC(=O)O[C@H]1CNC(C(c2ccc(C)cc2)c2ccc(C)cc2)C1. The first-order chi connectivity index (χ1) is 12.6. The van der Waals surface area contributed by atoms with Gasteiger partial charge in [0.1, 0.15) is 6.10 Å². The lowest BCUT2D eigenvalue weighted by Gasteiger charge is -2.25. The van der Waals surface area contributed by atoms with E-state index < -0.39 is 6.16 Å². The number of rotatable bonds is 5. The van der Waals surface area contributed by atoms with Crippen LogP contribution in [0.4, 0.5) is 4.79 Å². The van der Waals surface area contributed by atoms with Crippen LogP contribution in [0.2, 0.25) is 0 Å². The summed E-state index contributed by atoms with van der Waals surface area (Å²) in [4.78, 5) is 11.6. The molecule has 26 heavy (non-hydrogen) atoms. The minimum absolute atomic E-state index is 0.155. The van der Waals surface area contributed by atoms with E-state index in [2.05, 4.69) is 67.7 Å². The minimum atomic E-state index is -0.581. The highest BCUT2D eigenvalue weighted by molar-refractivity contribution is 5.60. The van der Waals surface area contributed by atoms with Crippen LogP contribution in [0, 0.1) is 13.8 Å². The van der Waals surface area contributed by atoms with Gasteiger partial charge in [-0.3, -0.25) is 0 Å². The normalized spacial score (nSPS) is 19.5. The molecule has 0 aromatic heterocycles. The van der Waals surface area contributed by atoms with E-state index >= 15 is 0 Å². The first-order valence-electron chi connectivity index (χ1n) is 9.26. The number of nitrogens with one attached hydrogen (secondary N) is 1. The molecule has 1 N–H and O–H groups in total. The third kappa shape index (κ3) is 4.44. The molecule has 2 aromatic carbocycles. The van der Waals surface area contributed by atoms with Gasteiger partial charge in [-0.1, -0.05) is 59.7 Å². The molecule has 1 heterocycles. The van der Waals surface area contributed by atoms with Gasteiger partial charge >= 0.3 is 6.16 Å². The number of hydrogen-bond acceptors (Lipinski definition) is 4. The predicted octanol–water partition coefficient (Wildman–Crippen LogP) is 4.34. The molecule has 0 saturated carbocycles. The molecular formula is C22H27NO3. The van der Waals surface area contributed by atoms with Gasteiger partial charge in [-0.15, -0.1) is 0 Å². The van der Waals surface area contributed by atoms with Crippen LogP contribution in [0.3, 0.4) is 0 Å². The first kappa shape index (κ1) is 18.5. The number of carbonyl (C=O) groups is 1. The molecule has 0 amide bonds. The Kier molecular flexibility index (Phi) is 5.94. The van der Waals surface area contributed by atoms with Crippen molar-refractivity contribution >= 4 is 6.16 Å². The van der Waals surface area contributed by atoms with Crippen LogP contribution in [-0.2, 0) is 9.47 Å². The summed E-state index contributed by atoms with van der Waals surface area (Å²) in [5.74, 6) is 0.215. The summed E-state index contributed by atoms with van der Waals surface area (Å²) in [6, 6.07) is 17.6. The summed E-state index contributed by atoms with van der Waals surface area (Å²) in [7, 11) is 0. The van der Waals surface area contributed by atoms with Crippen LogP contribution < -0.4 is 5.32 Å². The van der Waals surface area contributed by atoms with E-state index in [4.69, 9.17) is 9.47 Å². The summed E-state index contributed by atoms with van der Waals surface area (Å²) in [6.45, 7) is 6.96. The topological polar surface area (TPSA) is 47.6 Å². The quantitative estimate of drug-likeness (QED) is 0.813. The summed E-state index contributed by atoms with van der Waals surface area (Å²) in [5, 5.41) is 3.55. The molecule has 2 atom stereocenters. The Morgan fingerprint density at radius 2 is 1.58 bits per heavy atom. The molecule has 1 unspecified atom stereocenters. The molecule has 4 nitrogen and oxygen atoms in total. The van der Waals surface area contributed by atoms with Crippen LogP contribution in [0.15, 0.2) is 48.5 Å². The van der Waals surface area contributed by atoms with Crippen molar-refractivity contribution in [2.45, 2.75) is 45.3 Å². The van der Waals surface area contributed by atoms with Crippen molar-refractivity contribution < 1.29 is 14.3 Å². The smallest absolute Gasteiger partial charge is 0.435 e. The van der Waals surface area contributed by atoms with E-state index in [0.717, 1.165) is 6.42 Å². The van der Waals surface area contributed by atoms with E-state index in [0.29, 0.717) is 13.2 Å². The van der Waals surface area contributed by atoms with Crippen molar-refractivity contribution in [3.05, 3.63) is 70.8 Å². The molecule has 0 bridgehead atoms. The van der Waals surface area contributed by atoms with Crippen molar-refractivity contribution in [3.8, 4) is 0 Å². The van der Waals surface area contributed by atoms with Crippen molar-refractivity contribution in [1.82, 2.24) is 5.32 Å². The van der Waals surface area contributed by atoms with E-state index in [1.807, 2.05) is 0 Å². The summed E-state index contributed by atoms with van der Waals surface area (Å²) >= 11 is 0. The Hall–Kier alpha value is -2.33. The fourth-order valence-corrected chi connectivity index (χ4v) is 3.57. The summed E-state index contributed by atoms with van der Waals surface area (Å²) in [5.41, 5.74) is 5.04. The number of benzene rings is 2. The second-order valence-corrected chi connectivity index (χ2v) is 6.97. The van der Waals surface area contributed by atoms with Gasteiger partial charge < -0.3 is 14.8 Å². The number of aryl methyl sites for hydroxylation is 2. The van der Waals surface area contributed by atoms with Crippen molar-refractivity contribution in [1.29, 1.82) is 0 Å². The van der Waals surface area contributed by atoms with Crippen LogP contribution in [0.1, 0.15) is 41.5 Å². The molecule has 138 valence electrons. The fraction of sp³-hybridized carbons (Fsp3) is 0.409. The lowest BCUT2D eigenvalue weighted by atomic mass is 9.83. The van der Waals surface area contributed by atoms with Crippen LogP contribution in [0.5, 0.6) is 0 Å². The number of ether oxygens (including phenoxy) is 2. The third-order valence-electron chi connectivity index (χ3n) is 4.92. The molecular weight excluding hydrogens is 326 g/mol. The molecule has 1 aliphatic rings. The zero-order valence-electron chi connectivity index (χ0n) is 15.7. The van der Waals surface area contributed by atoms with Crippen molar-refractivity contribution in [3.63, 3.8) is 0 Å². The molecule has 0 aliphatic carbocycles. The Morgan fingerprint density at radius 1 is 1.04 bits per heavy atom. The minimum Gasteiger partial charge on any atom is -0.435 e. The summed E-state index contributed by atoms with van der Waals surface area (Å²) in [6.07, 6.45) is 0.0326. The van der Waals surface area contributed by atoms with Gasteiger partial charge in [0.05, 0.1) is 6.61 Å². The van der Waals surface area contributed by atoms with Gasteiger partial charge in [0.15, 0.2) is 0 Å². The molecule has 0 spiro atoms. The zero-order valence-corrected chi connectivity index (χ0v) is 15.7. The molecule has 3 rings (SSSR count). The van der Waals surface area contributed by atoms with Gasteiger partial charge in [0, 0.05) is 24.9 Å². The van der Waals surface area contributed by atoms with Gasteiger partial charge in [-0.05, 0) is 31.9 Å². The Labute approximate surface area is 155 Å². The second-order valence-electron chi connectivity index (χ2n) is 6.97. The molecule has 2 aromatic rings.